The zero-order valence-electron chi connectivity index (χ0n) is 18.5. The SMILES string of the molecule is CCOc1cc(Br)c([C@H]2[C@H]([N+](=O)[O-])[C@]3(C(=O)Nc4ccccc43)N3CCC[C@@H]23)cc1OCC. The first kappa shape index (κ1) is 22.2. The van der Waals surface area contributed by atoms with Crippen LogP contribution >= 0.6 is 15.9 Å². The molecule has 1 amide bonds. The lowest BCUT2D eigenvalue weighted by molar-refractivity contribution is -0.534. The molecule has 3 aliphatic rings. The Morgan fingerprint density at radius 2 is 1.91 bits per heavy atom. The fourth-order valence-corrected chi connectivity index (χ4v) is 6.68. The predicted octanol–water partition coefficient (Wildman–Crippen LogP) is 4.30. The van der Waals surface area contributed by atoms with E-state index in [1.807, 2.05) is 50.2 Å². The van der Waals surface area contributed by atoms with Crippen LogP contribution in [0.5, 0.6) is 11.5 Å². The summed E-state index contributed by atoms with van der Waals surface area (Å²) in [5, 5.41) is 15.7. The van der Waals surface area contributed by atoms with Crippen molar-refractivity contribution >= 4 is 27.5 Å². The number of fused-ring (bicyclic) bond motifs is 4. The van der Waals surface area contributed by atoms with Crippen LogP contribution in [-0.2, 0) is 10.3 Å². The van der Waals surface area contributed by atoms with Gasteiger partial charge in [0.2, 0.25) is 0 Å². The molecular formula is C24H26BrN3O5. The fourth-order valence-electron chi connectivity index (χ4n) is 6.09. The molecule has 0 bridgehead atoms. The van der Waals surface area contributed by atoms with Crippen molar-refractivity contribution in [1.82, 2.24) is 4.90 Å². The van der Waals surface area contributed by atoms with Crippen molar-refractivity contribution in [2.24, 2.45) is 0 Å². The van der Waals surface area contributed by atoms with Gasteiger partial charge in [-0.1, -0.05) is 34.1 Å². The van der Waals surface area contributed by atoms with Crippen molar-refractivity contribution in [3.8, 4) is 11.5 Å². The highest BCUT2D eigenvalue weighted by Gasteiger charge is 2.73. The topological polar surface area (TPSA) is 93.9 Å². The van der Waals surface area contributed by atoms with Crippen molar-refractivity contribution < 1.29 is 19.2 Å². The van der Waals surface area contributed by atoms with E-state index in [1.54, 1.807) is 0 Å². The number of rotatable bonds is 6. The van der Waals surface area contributed by atoms with Gasteiger partial charge in [0.05, 0.1) is 19.1 Å². The number of carbonyl (C=O) groups is 1. The zero-order chi connectivity index (χ0) is 23.3. The second-order valence-corrected chi connectivity index (χ2v) is 9.47. The number of halogens is 1. The van der Waals surface area contributed by atoms with Crippen molar-refractivity contribution in [3.63, 3.8) is 0 Å². The lowest BCUT2D eigenvalue weighted by Crippen LogP contribution is -2.55. The summed E-state index contributed by atoms with van der Waals surface area (Å²) in [6.45, 7) is 5.34. The molecular weight excluding hydrogens is 490 g/mol. The zero-order valence-corrected chi connectivity index (χ0v) is 20.1. The number of para-hydroxylation sites is 1. The summed E-state index contributed by atoms with van der Waals surface area (Å²) in [6.07, 6.45) is 1.67. The Balaban J connectivity index is 1.72. The number of anilines is 1. The van der Waals surface area contributed by atoms with Crippen LogP contribution in [0.1, 0.15) is 43.7 Å². The molecule has 2 fully saturated rings. The quantitative estimate of drug-likeness (QED) is 0.455. The maximum Gasteiger partial charge on any atom is 0.256 e. The van der Waals surface area contributed by atoms with E-state index in [0.717, 1.165) is 22.9 Å². The summed E-state index contributed by atoms with van der Waals surface area (Å²) >= 11 is 3.65. The van der Waals surface area contributed by atoms with Gasteiger partial charge < -0.3 is 14.8 Å². The first-order chi connectivity index (χ1) is 15.9. The lowest BCUT2D eigenvalue weighted by Gasteiger charge is -2.32. The molecule has 3 heterocycles. The van der Waals surface area contributed by atoms with Crippen LogP contribution in [-0.4, -0.2) is 47.6 Å². The summed E-state index contributed by atoms with van der Waals surface area (Å²) in [5.74, 6) is 0.338. The molecule has 2 aromatic rings. The maximum absolute atomic E-state index is 13.6. The van der Waals surface area contributed by atoms with Gasteiger partial charge in [0.15, 0.2) is 17.0 Å². The Kier molecular flexibility index (Phi) is 5.56. The van der Waals surface area contributed by atoms with E-state index in [0.29, 0.717) is 42.5 Å². The van der Waals surface area contributed by atoms with Crippen LogP contribution in [0.25, 0.3) is 0 Å². The van der Waals surface area contributed by atoms with E-state index >= 15 is 0 Å². The molecule has 8 nitrogen and oxygen atoms in total. The van der Waals surface area contributed by atoms with E-state index in [-0.39, 0.29) is 16.9 Å². The first-order valence-corrected chi connectivity index (χ1v) is 12.1. The van der Waals surface area contributed by atoms with Gasteiger partial charge in [-0.2, -0.15) is 0 Å². The van der Waals surface area contributed by atoms with Gasteiger partial charge in [-0.15, -0.1) is 0 Å². The van der Waals surface area contributed by atoms with Crippen molar-refractivity contribution in [3.05, 3.63) is 62.1 Å². The molecule has 0 aliphatic carbocycles. The molecule has 3 aliphatic heterocycles. The number of hydrogen-bond acceptors (Lipinski definition) is 6. The molecule has 9 heteroatoms. The minimum Gasteiger partial charge on any atom is -0.490 e. The van der Waals surface area contributed by atoms with Crippen LogP contribution in [0.3, 0.4) is 0 Å². The van der Waals surface area contributed by atoms with Gasteiger partial charge in [-0.25, -0.2) is 0 Å². The number of nitrogens with zero attached hydrogens (tertiary/aromatic N) is 2. The molecule has 4 atom stereocenters. The first-order valence-electron chi connectivity index (χ1n) is 11.3. The number of benzene rings is 2. The van der Waals surface area contributed by atoms with Gasteiger partial charge in [0.25, 0.3) is 11.9 Å². The monoisotopic (exact) mass is 515 g/mol. The molecule has 2 aromatic carbocycles. The van der Waals surface area contributed by atoms with Crippen molar-refractivity contribution in [1.29, 1.82) is 0 Å². The third-order valence-electron chi connectivity index (χ3n) is 7.12. The summed E-state index contributed by atoms with van der Waals surface area (Å²) in [4.78, 5) is 28.1. The molecule has 0 radical (unpaired) electrons. The van der Waals surface area contributed by atoms with Gasteiger partial charge in [-0.3, -0.25) is 19.8 Å². The molecule has 1 spiro atoms. The van der Waals surface area contributed by atoms with Gasteiger partial charge in [-0.05, 0) is 50.5 Å². The maximum atomic E-state index is 13.6. The lowest BCUT2D eigenvalue weighted by atomic mass is 9.77. The molecule has 1 N–H and O–H groups in total. The number of carbonyl (C=O) groups excluding carboxylic acids is 1. The van der Waals surface area contributed by atoms with Crippen LogP contribution in [0.2, 0.25) is 0 Å². The average Bonchev–Trinajstić information content (AvgIpc) is 3.44. The second-order valence-electron chi connectivity index (χ2n) is 8.61. The van der Waals surface area contributed by atoms with E-state index in [2.05, 4.69) is 26.1 Å². The Morgan fingerprint density at radius 3 is 2.61 bits per heavy atom. The minimum atomic E-state index is -1.34. The molecule has 5 rings (SSSR count). The van der Waals surface area contributed by atoms with Gasteiger partial charge in [0, 0.05) is 33.2 Å². The number of nitro groups is 1. The summed E-state index contributed by atoms with van der Waals surface area (Å²) in [6, 6.07) is 9.75. The van der Waals surface area contributed by atoms with Gasteiger partial charge >= 0.3 is 0 Å². The molecule has 2 saturated heterocycles. The average molecular weight is 516 g/mol. The standard InChI is InChI=1S/C24H26BrN3O5/c1-3-32-19-12-14(16(25)13-20(19)33-4-2)21-18-10-7-11-27(18)24(22(21)28(30)31)15-8-5-6-9-17(15)26-23(24)29/h5-6,8-9,12-13,18,21-22H,3-4,7,10-11H2,1-2H3,(H,26,29)/t18-,21+,22-,24+/m0/s1. The van der Waals surface area contributed by atoms with Crippen LogP contribution in [0.4, 0.5) is 5.69 Å². The van der Waals surface area contributed by atoms with E-state index in [1.165, 1.54) is 0 Å². The molecule has 0 unspecified atom stereocenters. The third kappa shape index (κ3) is 3.09. The highest BCUT2D eigenvalue weighted by Crippen LogP contribution is 2.59. The van der Waals surface area contributed by atoms with E-state index < -0.39 is 17.5 Å². The predicted molar refractivity (Wildman–Crippen MR) is 126 cm³/mol. The normalized spacial score (nSPS) is 28.0. The molecule has 0 saturated carbocycles. The van der Waals surface area contributed by atoms with E-state index in [4.69, 9.17) is 9.47 Å². The van der Waals surface area contributed by atoms with Crippen molar-refractivity contribution in [2.45, 2.75) is 50.2 Å². The second kappa shape index (κ2) is 8.29. The smallest absolute Gasteiger partial charge is 0.256 e. The van der Waals surface area contributed by atoms with Gasteiger partial charge in [0.1, 0.15) is 0 Å². The van der Waals surface area contributed by atoms with Crippen LogP contribution in [0, 0.1) is 10.1 Å². The summed E-state index contributed by atoms with van der Waals surface area (Å²) in [7, 11) is 0. The van der Waals surface area contributed by atoms with Crippen LogP contribution < -0.4 is 14.8 Å². The van der Waals surface area contributed by atoms with Crippen LogP contribution in [0.15, 0.2) is 40.9 Å². The largest absolute Gasteiger partial charge is 0.490 e. The molecule has 174 valence electrons. The Labute approximate surface area is 200 Å². The highest BCUT2D eigenvalue weighted by molar-refractivity contribution is 9.10. The Bertz CT molecular complexity index is 1130. The number of hydrogen-bond donors (Lipinski definition) is 1. The van der Waals surface area contributed by atoms with Crippen molar-refractivity contribution in [2.75, 3.05) is 25.1 Å². The third-order valence-corrected chi connectivity index (χ3v) is 7.80. The highest BCUT2D eigenvalue weighted by atomic mass is 79.9. The Morgan fingerprint density at radius 1 is 1.21 bits per heavy atom. The number of nitrogens with one attached hydrogen (secondary N) is 1. The van der Waals surface area contributed by atoms with E-state index in [9.17, 15) is 14.9 Å². The Hall–Kier alpha value is -2.65. The number of ether oxygens (including phenoxy) is 2. The molecule has 0 aromatic heterocycles. The summed E-state index contributed by atoms with van der Waals surface area (Å²) < 4.78 is 12.3. The summed E-state index contributed by atoms with van der Waals surface area (Å²) in [5.41, 5.74) is 0.782. The molecule has 33 heavy (non-hydrogen) atoms. The minimum absolute atomic E-state index is 0.138. The number of amides is 1. The fraction of sp³-hybridized carbons (Fsp3) is 0.458.